The molecule has 0 aliphatic rings. The molecule has 3 aromatic rings. The van der Waals surface area contributed by atoms with Gasteiger partial charge in [0.2, 0.25) is 0 Å². The highest BCUT2D eigenvalue weighted by Crippen LogP contribution is 2.38. The molecule has 0 saturated carbocycles. The van der Waals surface area contributed by atoms with Crippen molar-refractivity contribution < 1.29 is 57.1 Å². The Bertz CT molecular complexity index is 1710. The molecule has 0 aliphatic heterocycles. The van der Waals surface area contributed by atoms with Crippen molar-refractivity contribution in [2.45, 2.75) is 27.7 Å². The molecule has 3 aromatic carbocycles. The van der Waals surface area contributed by atoms with Crippen molar-refractivity contribution in [3.63, 3.8) is 0 Å². The third-order valence-electron chi connectivity index (χ3n) is 6.02. The minimum Gasteiger partial charge on any atom is -0.458 e. The summed E-state index contributed by atoms with van der Waals surface area (Å²) in [7, 11) is 0. The molecule has 0 radical (unpaired) electrons. The van der Waals surface area contributed by atoms with Gasteiger partial charge >= 0.3 is 23.9 Å². The second-order valence-electron chi connectivity index (χ2n) is 10.4. The maximum Gasteiger partial charge on any atom is 0.338 e. The molecule has 0 amide bonds. The number of carbonyl (C=O) groups excluding carboxylic acids is 4. The van der Waals surface area contributed by atoms with Crippen LogP contribution in [0.5, 0.6) is 23.0 Å². The van der Waals surface area contributed by atoms with Crippen LogP contribution in [0.2, 0.25) is 0 Å². The molecule has 50 heavy (non-hydrogen) atoms. The molecule has 12 nitrogen and oxygen atoms in total. The first-order valence-electron chi connectivity index (χ1n) is 14.5. The number of esters is 4. The maximum absolute atomic E-state index is 11.7. The van der Waals surface area contributed by atoms with E-state index in [1.165, 1.54) is 27.7 Å². The Kier molecular flexibility index (Phi) is 13.5. The summed E-state index contributed by atoms with van der Waals surface area (Å²) in [6, 6.07) is 10.4. The van der Waals surface area contributed by atoms with E-state index in [2.05, 4.69) is 26.3 Å². The van der Waals surface area contributed by atoms with Crippen LogP contribution in [0.1, 0.15) is 27.7 Å². The van der Waals surface area contributed by atoms with Gasteiger partial charge in [-0.3, -0.25) is 0 Å². The Morgan fingerprint density at radius 1 is 0.380 bits per heavy atom. The lowest BCUT2D eigenvalue weighted by Gasteiger charge is -2.13. The molecule has 0 spiro atoms. The minimum absolute atomic E-state index is 0.202. The first-order chi connectivity index (χ1) is 23.8. The third kappa shape index (κ3) is 11.2. The Labute approximate surface area is 288 Å². The van der Waals surface area contributed by atoms with Gasteiger partial charge in [0.25, 0.3) is 0 Å². The van der Waals surface area contributed by atoms with E-state index in [-0.39, 0.29) is 45.3 Å². The van der Waals surface area contributed by atoms with Crippen LogP contribution in [0.4, 0.5) is 0 Å². The van der Waals surface area contributed by atoms with Crippen molar-refractivity contribution in [1.29, 1.82) is 0 Å². The van der Waals surface area contributed by atoms with Crippen LogP contribution in [0, 0.1) is 0 Å². The lowest BCUT2D eigenvalue weighted by atomic mass is 10.0. The third-order valence-corrected chi connectivity index (χ3v) is 6.02. The standard InChI is InChI=1S/C38H34O12/c1-23(2)35(39)47-13-9-43-31-19-27-17-29-21-33(45-11-15-49-37(41)25(5)6)34(46-12-16-50-38(42)26(7)8)22-30(29)18-28(27)20-32(31)44-10-14-48-36(40)24(3)4/h9-22H,1,3,5,7H2,2,4,6,8H3. The van der Waals surface area contributed by atoms with Gasteiger partial charge in [-0.2, -0.15) is 0 Å². The topological polar surface area (TPSA) is 142 Å². The average Bonchev–Trinajstić information content (AvgIpc) is 3.07. The number of fused-ring (bicyclic) bond motifs is 2. The number of ether oxygens (including phenoxy) is 8. The molecule has 0 bridgehead atoms. The largest absolute Gasteiger partial charge is 0.458 e. The van der Waals surface area contributed by atoms with Crippen LogP contribution in [-0.4, -0.2) is 23.9 Å². The molecule has 0 N–H and O–H groups in total. The van der Waals surface area contributed by atoms with Gasteiger partial charge in [0.1, 0.15) is 50.1 Å². The van der Waals surface area contributed by atoms with Gasteiger partial charge in [-0.1, -0.05) is 26.3 Å². The molecule has 0 unspecified atom stereocenters. The first-order valence-corrected chi connectivity index (χ1v) is 14.5. The fourth-order valence-electron chi connectivity index (χ4n) is 3.55. The lowest BCUT2D eigenvalue weighted by Crippen LogP contribution is -2.00. The molecular formula is C38H34O12. The fraction of sp³-hybridized carbons (Fsp3) is 0.105. The van der Waals surface area contributed by atoms with Crippen molar-refractivity contribution >= 4 is 45.4 Å². The smallest absolute Gasteiger partial charge is 0.338 e. The van der Waals surface area contributed by atoms with E-state index in [0.717, 1.165) is 50.1 Å². The molecule has 0 fully saturated rings. The van der Waals surface area contributed by atoms with Crippen LogP contribution in [-0.2, 0) is 38.1 Å². The molecule has 0 aliphatic carbocycles. The predicted molar refractivity (Wildman–Crippen MR) is 184 cm³/mol. The zero-order chi connectivity index (χ0) is 36.8. The number of carbonyl (C=O) groups is 4. The number of hydrogen-bond donors (Lipinski definition) is 0. The number of rotatable bonds is 16. The maximum atomic E-state index is 11.7. The van der Waals surface area contributed by atoms with Crippen LogP contribution in [0.3, 0.4) is 0 Å². The second kappa shape index (κ2) is 17.9. The Hall–Kier alpha value is -6.82. The molecule has 0 atom stereocenters. The van der Waals surface area contributed by atoms with Gasteiger partial charge in [-0.05, 0) is 85.6 Å². The number of hydrogen-bond acceptors (Lipinski definition) is 12. The van der Waals surface area contributed by atoms with Gasteiger partial charge in [0.15, 0.2) is 23.0 Å². The summed E-state index contributed by atoms with van der Waals surface area (Å²) in [5, 5.41) is 2.79. The molecule has 3 rings (SSSR count). The van der Waals surface area contributed by atoms with Crippen molar-refractivity contribution in [3.05, 3.63) is 135 Å². The molecule has 258 valence electrons. The van der Waals surface area contributed by atoms with Crippen molar-refractivity contribution in [1.82, 2.24) is 0 Å². The highest BCUT2D eigenvalue weighted by molar-refractivity contribution is 6.01. The normalized spacial score (nSPS) is 11.1. The zero-order valence-corrected chi connectivity index (χ0v) is 27.8. The van der Waals surface area contributed by atoms with Gasteiger partial charge < -0.3 is 37.9 Å². The predicted octanol–water partition coefficient (Wildman–Crippen LogP) is 7.87. The van der Waals surface area contributed by atoms with Crippen molar-refractivity contribution in [2.75, 3.05) is 0 Å². The van der Waals surface area contributed by atoms with Gasteiger partial charge in [-0.25, -0.2) is 19.2 Å². The summed E-state index contributed by atoms with van der Waals surface area (Å²) in [5.41, 5.74) is 0.808. The number of benzene rings is 3. The molecule has 0 aromatic heterocycles. The summed E-state index contributed by atoms with van der Waals surface area (Å²) in [5.74, 6) is -1.70. The Morgan fingerprint density at radius 3 is 0.760 bits per heavy atom. The first kappa shape index (κ1) is 37.6. The van der Waals surface area contributed by atoms with Crippen LogP contribution >= 0.6 is 0 Å². The van der Waals surface area contributed by atoms with Gasteiger partial charge in [0, 0.05) is 22.3 Å². The Balaban J connectivity index is 2.04. The van der Waals surface area contributed by atoms with E-state index >= 15 is 0 Å². The minimum atomic E-state index is -0.637. The lowest BCUT2D eigenvalue weighted by molar-refractivity contribution is -0.134. The summed E-state index contributed by atoms with van der Waals surface area (Å²) in [6.07, 6.45) is 8.78. The molecule has 0 heterocycles. The molecule has 0 saturated heterocycles. The summed E-state index contributed by atoms with van der Waals surface area (Å²) in [4.78, 5) is 46.9. The molecule has 12 heteroatoms. The average molecular weight is 683 g/mol. The van der Waals surface area contributed by atoms with Crippen LogP contribution < -0.4 is 18.9 Å². The highest BCUT2D eigenvalue weighted by Gasteiger charge is 2.13. The van der Waals surface area contributed by atoms with Crippen LogP contribution in [0.25, 0.3) is 21.5 Å². The summed E-state index contributed by atoms with van der Waals surface area (Å²) >= 11 is 0. The fourth-order valence-corrected chi connectivity index (χ4v) is 3.55. The van der Waals surface area contributed by atoms with E-state index in [0.29, 0.717) is 21.5 Å². The molecular weight excluding hydrogens is 648 g/mol. The van der Waals surface area contributed by atoms with E-state index in [9.17, 15) is 19.2 Å². The van der Waals surface area contributed by atoms with Crippen molar-refractivity contribution in [3.8, 4) is 23.0 Å². The van der Waals surface area contributed by atoms with E-state index in [1.807, 2.05) is 12.1 Å². The summed E-state index contributed by atoms with van der Waals surface area (Å²) < 4.78 is 42.6. The van der Waals surface area contributed by atoms with Crippen LogP contribution in [0.15, 0.2) is 135 Å². The zero-order valence-electron chi connectivity index (χ0n) is 27.8. The van der Waals surface area contributed by atoms with Gasteiger partial charge in [0.05, 0.1) is 0 Å². The Morgan fingerprint density at radius 2 is 0.580 bits per heavy atom. The quantitative estimate of drug-likeness (QED) is 0.0477. The highest BCUT2D eigenvalue weighted by atomic mass is 16.6. The van der Waals surface area contributed by atoms with E-state index in [1.54, 1.807) is 24.3 Å². The van der Waals surface area contributed by atoms with E-state index in [4.69, 9.17) is 37.9 Å². The summed E-state index contributed by atoms with van der Waals surface area (Å²) in [6.45, 7) is 20.1. The second-order valence-corrected chi connectivity index (χ2v) is 10.4. The van der Waals surface area contributed by atoms with Crippen molar-refractivity contribution in [2.24, 2.45) is 0 Å². The SMILES string of the molecule is C=C(C)C(=O)OC=COc1cc2cc3cc(OC=COC(=O)C(=C)C)c(OC=COC(=O)C(=C)C)cc3cc2cc1OC=COC(=O)C(=C)C. The monoisotopic (exact) mass is 682 g/mol. The van der Waals surface area contributed by atoms with E-state index < -0.39 is 23.9 Å². The van der Waals surface area contributed by atoms with Gasteiger partial charge in [-0.15, -0.1) is 0 Å².